The molecule has 0 bridgehead atoms. The van der Waals surface area contributed by atoms with Gasteiger partial charge in [0, 0.05) is 18.2 Å². The van der Waals surface area contributed by atoms with Crippen molar-refractivity contribution < 1.29 is 17.9 Å². The van der Waals surface area contributed by atoms with E-state index in [0.717, 1.165) is 34.7 Å². The molecule has 1 aromatic carbocycles. The zero-order chi connectivity index (χ0) is 20.0. The maximum atomic E-state index is 11.8. The van der Waals surface area contributed by atoms with Crippen molar-refractivity contribution in [1.82, 2.24) is 14.8 Å². The lowest BCUT2D eigenvalue weighted by Crippen LogP contribution is -2.11. The monoisotopic (exact) mass is 423 g/mol. The van der Waals surface area contributed by atoms with Crippen LogP contribution in [-0.2, 0) is 16.4 Å². The average molecular weight is 424 g/mol. The molecule has 1 atom stereocenters. The molecule has 0 unspecified atom stereocenters. The number of allylic oxidation sites excluding steroid dienone is 1. The van der Waals surface area contributed by atoms with E-state index in [1.54, 1.807) is 24.9 Å². The lowest BCUT2D eigenvalue weighted by molar-refractivity contribution is 0.318. The molecule has 1 aliphatic heterocycles. The molecular weight excluding hydrogens is 398 g/mol. The van der Waals surface area contributed by atoms with Gasteiger partial charge in [0.05, 0.1) is 25.2 Å². The lowest BCUT2D eigenvalue weighted by atomic mass is 10.1. The molecule has 2 aromatic rings. The van der Waals surface area contributed by atoms with Gasteiger partial charge in [0.2, 0.25) is 0 Å². The molecule has 0 aliphatic carbocycles. The maximum Gasteiger partial charge on any atom is 0.191 e. The van der Waals surface area contributed by atoms with E-state index in [-0.39, 0.29) is 17.4 Å². The van der Waals surface area contributed by atoms with Gasteiger partial charge >= 0.3 is 0 Å². The van der Waals surface area contributed by atoms with Gasteiger partial charge in [-0.3, -0.25) is 0 Å². The fraction of sp³-hybridized carbons (Fsp3) is 0.474. The Labute approximate surface area is 170 Å². The van der Waals surface area contributed by atoms with Crippen LogP contribution < -0.4 is 9.47 Å². The van der Waals surface area contributed by atoms with Crippen LogP contribution in [-0.4, -0.2) is 54.2 Å². The fourth-order valence-electron chi connectivity index (χ4n) is 3.09. The van der Waals surface area contributed by atoms with Crippen molar-refractivity contribution >= 4 is 21.6 Å². The second-order valence-corrected chi connectivity index (χ2v) is 9.86. The molecule has 0 saturated carbocycles. The van der Waals surface area contributed by atoms with E-state index in [0.29, 0.717) is 19.6 Å². The van der Waals surface area contributed by atoms with Crippen molar-refractivity contribution in [2.24, 2.45) is 0 Å². The zero-order valence-corrected chi connectivity index (χ0v) is 17.5. The summed E-state index contributed by atoms with van der Waals surface area (Å²) in [5.74, 6) is 3.49. The molecule has 1 fully saturated rings. The summed E-state index contributed by atoms with van der Waals surface area (Å²) in [6.07, 6.45) is 3.25. The average Bonchev–Trinajstić information content (AvgIpc) is 3.25. The van der Waals surface area contributed by atoms with Crippen molar-refractivity contribution in [3.05, 3.63) is 42.7 Å². The Balaban J connectivity index is 1.51. The van der Waals surface area contributed by atoms with E-state index in [1.807, 2.05) is 28.8 Å². The second kappa shape index (κ2) is 9.47. The summed E-state index contributed by atoms with van der Waals surface area (Å²) in [6.45, 7) is 4.97. The number of hydrogen-bond acceptors (Lipinski definition) is 7. The van der Waals surface area contributed by atoms with Gasteiger partial charge in [-0.05, 0) is 37.1 Å². The van der Waals surface area contributed by atoms with E-state index in [4.69, 9.17) is 9.47 Å². The molecule has 152 valence electrons. The number of sulfone groups is 1. The summed E-state index contributed by atoms with van der Waals surface area (Å²) in [4.78, 5) is 0. The van der Waals surface area contributed by atoms with Crippen LogP contribution in [0.4, 0.5) is 0 Å². The number of methoxy groups -OCH3 is 1. The largest absolute Gasteiger partial charge is 0.497 e. The van der Waals surface area contributed by atoms with Gasteiger partial charge in [0.1, 0.15) is 17.3 Å². The Morgan fingerprint density at radius 1 is 1.29 bits per heavy atom. The fourth-order valence-corrected chi connectivity index (χ4v) is 5.70. The molecule has 1 aromatic heterocycles. The van der Waals surface area contributed by atoms with Crippen LogP contribution in [0.1, 0.15) is 24.6 Å². The number of rotatable bonds is 10. The molecule has 0 radical (unpaired) electrons. The van der Waals surface area contributed by atoms with Gasteiger partial charge in [0.25, 0.3) is 0 Å². The van der Waals surface area contributed by atoms with Crippen molar-refractivity contribution in [3.8, 4) is 11.5 Å². The Bertz CT molecular complexity index is 894. The standard InChI is InChI=1S/C19H25N3O4S2/c1-3-10-22-18(15-9-13-28(23,24)14-15)20-21-19(22)27-12-4-11-26-17-7-5-16(25-2)6-8-17/h3,5-8,15H,1,4,9-14H2,2H3/t15-/m1/s1. The number of nitrogens with zero attached hydrogens (tertiary/aromatic N) is 3. The van der Waals surface area contributed by atoms with Crippen LogP contribution in [0, 0.1) is 0 Å². The molecule has 7 nitrogen and oxygen atoms in total. The molecule has 1 aliphatic rings. The Hall–Kier alpha value is -2.00. The second-order valence-electron chi connectivity index (χ2n) is 6.57. The maximum absolute atomic E-state index is 11.8. The van der Waals surface area contributed by atoms with Crippen LogP contribution in [0.2, 0.25) is 0 Å². The van der Waals surface area contributed by atoms with Crippen LogP contribution in [0.3, 0.4) is 0 Å². The Morgan fingerprint density at radius 3 is 2.68 bits per heavy atom. The van der Waals surface area contributed by atoms with Gasteiger partial charge in [0.15, 0.2) is 15.0 Å². The third-order valence-electron chi connectivity index (χ3n) is 4.50. The number of benzene rings is 1. The summed E-state index contributed by atoms with van der Waals surface area (Å²) < 4.78 is 36.4. The quantitative estimate of drug-likeness (QED) is 0.330. The Morgan fingerprint density at radius 2 is 2.04 bits per heavy atom. The summed E-state index contributed by atoms with van der Waals surface area (Å²) >= 11 is 1.60. The summed E-state index contributed by atoms with van der Waals surface area (Å²) in [5.41, 5.74) is 0. The minimum Gasteiger partial charge on any atom is -0.497 e. The van der Waals surface area contributed by atoms with Gasteiger partial charge in [-0.15, -0.1) is 16.8 Å². The highest BCUT2D eigenvalue weighted by atomic mass is 32.2. The minimum absolute atomic E-state index is 0.0785. The van der Waals surface area contributed by atoms with Crippen molar-refractivity contribution in [2.75, 3.05) is 31.0 Å². The third-order valence-corrected chi connectivity index (χ3v) is 7.32. The van der Waals surface area contributed by atoms with Gasteiger partial charge in [-0.1, -0.05) is 17.8 Å². The summed E-state index contributed by atoms with van der Waals surface area (Å²) in [6, 6.07) is 7.50. The SMILES string of the molecule is C=CCn1c(SCCCOc2ccc(OC)cc2)nnc1[C@@H]1CCS(=O)(=O)C1. The lowest BCUT2D eigenvalue weighted by Gasteiger charge is -2.11. The van der Waals surface area contributed by atoms with Crippen molar-refractivity contribution in [2.45, 2.75) is 30.5 Å². The molecule has 3 rings (SSSR count). The van der Waals surface area contributed by atoms with E-state index in [1.165, 1.54) is 0 Å². The minimum atomic E-state index is -2.96. The molecule has 9 heteroatoms. The van der Waals surface area contributed by atoms with E-state index in [9.17, 15) is 8.42 Å². The van der Waals surface area contributed by atoms with Crippen molar-refractivity contribution in [1.29, 1.82) is 0 Å². The highest BCUT2D eigenvalue weighted by Crippen LogP contribution is 2.30. The van der Waals surface area contributed by atoms with Gasteiger partial charge in [-0.25, -0.2) is 8.42 Å². The van der Waals surface area contributed by atoms with Gasteiger partial charge in [-0.2, -0.15) is 0 Å². The van der Waals surface area contributed by atoms with Crippen LogP contribution in [0.25, 0.3) is 0 Å². The number of aromatic nitrogens is 3. The van der Waals surface area contributed by atoms with Crippen LogP contribution >= 0.6 is 11.8 Å². The van der Waals surface area contributed by atoms with Crippen molar-refractivity contribution in [3.63, 3.8) is 0 Å². The van der Waals surface area contributed by atoms with Crippen LogP contribution in [0.15, 0.2) is 42.1 Å². The smallest absolute Gasteiger partial charge is 0.191 e. The molecule has 1 saturated heterocycles. The zero-order valence-electron chi connectivity index (χ0n) is 15.9. The first-order chi connectivity index (χ1) is 13.5. The predicted molar refractivity (Wildman–Crippen MR) is 110 cm³/mol. The summed E-state index contributed by atoms with van der Waals surface area (Å²) in [5, 5.41) is 9.36. The highest BCUT2D eigenvalue weighted by molar-refractivity contribution is 7.99. The van der Waals surface area contributed by atoms with Gasteiger partial charge < -0.3 is 14.0 Å². The topological polar surface area (TPSA) is 83.3 Å². The predicted octanol–water partition coefficient (Wildman–Crippen LogP) is 2.94. The number of thioether (sulfide) groups is 1. The van der Waals surface area contributed by atoms with E-state index in [2.05, 4.69) is 16.8 Å². The Kier molecular flexibility index (Phi) is 7.01. The number of hydrogen-bond donors (Lipinski definition) is 0. The highest BCUT2D eigenvalue weighted by Gasteiger charge is 2.33. The molecule has 0 N–H and O–H groups in total. The molecule has 2 heterocycles. The first-order valence-electron chi connectivity index (χ1n) is 9.16. The molecular formula is C19H25N3O4S2. The first-order valence-corrected chi connectivity index (χ1v) is 12.0. The first kappa shape index (κ1) is 20.7. The normalized spacial score (nSPS) is 18.1. The number of ether oxygens (including phenoxy) is 2. The third kappa shape index (κ3) is 5.29. The molecule has 0 amide bonds. The molecule has 28 heavy (non-hydrogen) atoms. The molecule has 0 spiro atoms. The summed E-state index contributed by atoms with van der Waals surface area (Å²) in [7, 11) is -1.33. The van der Waals surface area contributed by atoms with Crippen LogP contribution in [0.5, 0.6) is 11.5 Å². The van der Waals surface area contributed by atoms with E-state index < -0.39 is 9.84 Å². The van der Waals surface area contributed by atoms with E-state index >= 15 is 0 Å².